The molecule has 1 aliphatic carbocycles. The Hall–Kier alpha value is -3.51. The molecule has 1 atom stereocenters. The first-order valence-electron chi connectivity index (χ1n) is 12.5. The minimum absolute atomic E-state index is 0.0792. The highest BCUT2D eigenvalue weighted by Gasteiger charge is 2.34. The summed E-state index contributed by atoms with van der Waals surface area (Å²) in [6, 6.07) is 20.6. The standard InChI is InChI=1S/C30H29FN2O2S/c31-24-15-13-23(14-16-24)29(30(35)32-25-9-2-1-3-10-25)33(28(34)19-21-17-18-36-20-21)27-12-6-8-22-7-4-5-11-26(22)27/h4-8,11-18,20,25,29H,1-3,9-10,19H2,(H,32,35)/t29-/m1/s1. The van der Waals surface area contributed by atoms with Gasteiger partial charge in [0.05, 0.1) is 12.1 Å². The molecule has 0 aliphatic heterocycles. The lowest BCUT2D eigenvalue weighted by Crippen LogP contribution is -2.47. The van der Waals surface area contributed by atoms with Crippen LogP contribution in [0.3, 0.4) is 0 Å². The summed E-state index contributed by atoms with van der Waals surface area (Å²) in [6.45, 7) is 0. The van der Waals surface area contributed by atoms with Gasteiger partial charge < -0.3 is 5.32 Å². The zero-order valence-corrected chi connectivity index (χ0v) is 20.8. The molecule has 2 amide bonds. The van der Waals surface area contributed by atoms with Crippen molar-refractivity contribution in [3.8, 4) is 0 Å². The smallest absolute Gasteiger partial charge is 0.248 e. The number of amides is 2. The summed E-state index contributed by atoms with van der Waals surface area (Å²) < 4.78 is 13.9. The maximum atomic E-state index is 14.0. The second-order valence-corrected chi connectivity index (χ2v) is 10.1. The molecule has 3 aromatic carbocycles. The molecule has 1 aliphatic rings. The van der Waals surface area contributed by atoms with Gasteiger partial charge in [-0.25, -0.2) is 4.39 Å². The molecule has 0 unspecified atom stereocenters. The number of anilines is 1. The maximum Gasteiger partial charge on any atom is 0.248 e. The van der Waals surface area contributed by atoms with Gasteiger partial charge in [0.2, 0.25) is 11.8 Å². The van der Waals surface area contributed by atoms with Gasteiger partial charge in [-0.1, -0.05) is 67.8 Å². The van der Waals surface area contributed by atoms with Crippen LogP contribution in [-0.4, -0.2) is 17.9 Å². The fraction of sp³-hybridized carbons (Fsp3) is 0.267. The van der Waals surface area contributed by atoms with E-state index >= 15 is 0 Å². The summed E-state index contributed by atoms with van der Waals surface area (Å²) in [5.74, 6) is -0.801. The summed E-state index contributed by atoms with van der Waals surface area (Å²) in [6.07, 6.45) is 5.36. The second-order valence-electron chi connectivity index (χ2n) is 9.37. The van der Waals surface area contributed by atoms with Crippen LogP contribution in [0.4, 0.5) is 10.1 Å². The molecule has 184 valence electrons. The number of halogens is 1. The molecular formula is C30H29FN2O2S. The first-order valence-corrected chi connectivity index (χ1v) is 13.4. The van der Waals surface area contributed by atoms with Crippen LogP contribution in [0.15, 0.2) is 83.6 Å². The molecule has 0 radical (unpaired) electrons. The lowest BCUT2D eigenvalue weighted by Gasteiger charge is -2.34. The Kier molecular flexibility index (Phi) is 7.42. The van der Waals surface area contributed by atoms with E-state index in [0.29, 0.717) is 11.3 Å². The molecule has 5 rings (SSSR count). The van der Waals surface area contributed by atoms with E-state index in [-0.39, 0.29) is 30.1 Å². The summed E-state index contributed by atoms with van der Waals surface area (Å²) in [7, 11) is 0. The van der Waals surface area contributed by atoms with Gasteiger partial charge in [0.25, 0.3) is 0 Å². The van der Waals surface area contributed by atoms with Crippen molar-refractivity contribution < 1.29 is 14.0 Å². The molecular weight excluding hydrogens is 471 g/mol. The number of benzene rings is 3. The number of nitrogens with zero attached hydrogens (tertiary/aromatic N) is 1. The highest BCUT2D eigenvalue weighted by atomic mass is 32.1. The number of nitrogens with one attached hydrogen (secondary N) is 1. The van der Waals surface area contributed by atoms with Gasteiger partial charge in [-0.15, -0.1) is 0 Å². The zero-order chi connectivity index (χ0) is 24.9. The third-order valence-electron chi connectivity index (χ3n) is 6.87. The van der Waals surface area contributed by atoms with Crippen molar-refractivity contribution in [3.63, 3.8) is 0 Å². The van der Waals surface area contributed by atoms with Crippen LogP contribution in [0.25, 0.3) is 10.8 Å². The van der Waals surface area contributed by atoms with E-state index in [2.05, 4.69) is 5.32 Å². The van der Waals surface area contributed by atoms with E-state index in [4.69, 9.17) is 0 Å². The molecule has 0 spiro atoms. The van der Waals surface area contributed by atoms with Crippen LogP contribution in [0.1, 0.15) is 49.3 Å². The van der Waals surface area contributed by atoms with E-state index in [1.165, 1.54) is 29.9 Å². The summed E-state index contributed by atoms with van der Waals surface area (Å²) in [4.78, 5) is 29.6. The number of fused-ring (bicyclic) bond motifs is 1. The van der Waals surface area contributed by atoms with Crippen LogP contribution in [0.5, 0.6) is 0 Å². The van der Waals surface area contributed by atoms with Crippen molar-refractivity contribution >= 4 is 39.6 Å². The third kappa shape index (κ3) is 5.34. The van der Waals surface area contributed by atoms with E-state index in [1.807, 2.05) is 59.3 Å². The quantitative estimate of drug-likeness (QED) is 0.303. The number of hydrogen-bond donors (Lipinski definition) is 1. The number of carbonyl (C=O) groups excluding carboxylic acids is 2. The third-order valence-corrected chi connectivity index (χ3v) is 7.61. The van der Waals surface area contributed by atoms with Crippen molar-refractivity contribution in [3.05, 3.63) is 101 Å². The Balaban J connectivity index is 1.62. The van der Waals surface area contributed by atoms with Gasteiger partial charge in [0.1, 0.15) is 11.9 Å². The second kappa shape index (κ2) is 11.0. The molecule has 1 fully saturated rings. The fourth-order valence-corrected chi connectivity index (χ4v) is 5.75. The summed E-state index contributed by atoms with van der Waals surface area (Å²) in [5.41, 5.74) is 2.15. The first kappa shape index (κ1) is 24.2. The summed E-state index contributed by atoms with van der Waals surface area (Å²) >= 11 is 1.54. The average molecular weight is 501 g/mol. The lowest BCUT2D eigenvalue weighted by atomic mass is 9.94. The normalized spacial score (nSPS) is 14.9. The van der Waals surface area contributed by atoms with Crippen LogP contribution >= 0.6 is 11.3 Å². The van der Waals surface area contributed by atoms with Crippen molar-refractivity contribution in [1.29, 1.82) is 0 Å². The van der Waals surface area contributed by atoms with Crippen molar-refractivity contribution in [2.75, 3.05) is 4.90 Å². The first-order chi connectivity index (χ1) is 17.6. The molecule has 4 aromatic rings. The highest BCUT2D eigenvalue weighted by molar-refractivity contribution is 7.08. The molecule has 1 N–H and O–H groups in total. The minimum atomic E-state index is -0.926. The van der Waals surface area contributed by atoms with Crippen molar-refractivity contribution in [2.24, 2.45) is 0 Å². The largest absolute Gasteiger partial charge is 0.351 e. The van der Waals surface area contributed by atoms with Gasteiger partial charge in [-0.2, -0.15) is 11.3 Å². The predicted molar refractivity (Wildman–Crippen MR) is 144 cm³/mol. The van der Waals surface area contributed by atoms with Crippen LogP contribution in [0, 0.1) is 5.82 Å². The Bertz CT molecular complexity index is 1330. The number of carbonyl (C=O) groups is 2. The van der Waals surface area contributed by atoms with Crippen LogP contribution in [0.2, 0.25) is 0 Å². The van der Waals surface area contributed by atoms with Gasteiger partial charge >= 0.3 is 0 Å². The van der Waals surface area contributed by atoms with E-state index < -0.39 is 6.04 Å². The molecule has 0 bridgehead atoms. The number of thiophene rings is 1. The Morgan fingerprint density at radius 2 is 1.69 bits per heavy atom. The monoisotopic (exact) mass is 500 g/mol. The zero-order valence-electron chi connectivity index (χ0n) is 20.0. The van der Waals surface area contributed by atoms with E-state index in [1.54, 1.807) is 17.0 Å². The van der Waals surface area contributed by atoms with E-state index in [0.717, 1.165) is 42.0 Å². The van der Waals surface area contributed by atoms with E-state index in [9.17, 15) is 14.0 Å². The maximum absolute atomic E-state index is 14.0. The molecule has 36 heavy (non-hydrogen) atoms. The van der Waals surface area contributed by atoms with Gasteiger partial charge in [0, 0.05) is 11.4 Å². The number of rotatable bonds is 7. The number of hydrogen-bond acceptors (Lipinski definition) is 3. The Morgan fingerprint density at radius 1 is 0.944 bits per heavy atom. The average Bonchev–Trinajstić information content (AvgIpc) is 3.41. The minimum Gasteiger partial charge on any atom is -0.351 e. The molecule has 6 heteroatoms. The predicted octanol–water partition coefficient (Wildman–Crippen LogP) is 6.81. The Labute approximate surface area is 214 Å². The molecule has 1 heterocycles. The van der Waals surface area contributed by atoms with Crippen LogP contribution in [-0.2, 0) is 16.0 Å². The lowest BCUT2D eigenvalue weighted by molar-refractivity contribution is -0.127. The Morgan fingerprint density at radius 3 is 2.44 bits per heavy atom. The van der Waals surface area contributed by atoms with Crippen molar-refractivity contribution in [1.82, 2.24) is 5.32 Å². The van der Waals surface area contributed by atoms with Crippen molar-refractivity contribution in [2.45, 2.75) is 50.6 Å². The highest BCUT2D eigenvalue weighted by Crippen LogP contribution is 2.35. The topological polar surface area (TPSA) is 49.4 Å². The van der Waals surface area contributed by atoms with Crippen LogP contribution < -0.4 is 10.2 Å². The fourth-order valence-electron chi connectivity index (χ4n) is 5.08. The van der Waals surface area contributed by atoms with Gasteiger partial charge in [-0.3, -0.25) is 14.5 Å². The molecule has 1 saturated carbocycles. The van der Waals surface area contributed by atoms with Gasteiger partial charge in [-0.05, 0) is 64.4 Å². The molecule has 0 saturated heterocycles. The molecule has 1 aromatic heterocycles. The van der Waals surface area contributed by atoms with Gasteiger partial charge in [0.15, 0.2) is 0 Å². The SMILES string of the molecule is O=C(NC1CCCCC1)[C@@H](c1ccc(F)cc1)N(C(=O)Cc1ccsc1)c1cccc2ccccc12. The summed E-state index contributed by atoms with van der Waals surface area (Å²) in [5, 5.41) is 8.98. The molecule has 4 nitrogen and oxygen atoms in total.